The van der Waals surface area contributed by atoms with Gasteiger partial charge in [-0.05, 0) is 37.1 Å². The number of rotatable bonds is 4. The van der Waals surface area contributed by atoms with Crippen LogP contribution in [0.1, 0.15) is 18.5 Å². The highest BCUT2D eigenvalue weighted by molar-refractivity contribution is 6.06. The Morgan fingerprint density at radius 3 is 2.62 bits per heavy atom. The predicted octanol–water partition coefficient (Wildman–Crippen LogP) is 2.45. The molecule has 0 aliphatic carbocycles. The molecule has 1 aliphatic heterocycles. The molecule has 3 heterocycles. The van der Waals surface area contributed by atoms with E-state index in [1.165, 1.54) is 0 Å². The number of nitriles is 1. The number of nitrogens with zero attached hydrogens (tertiary/aromatic N) is 4. The molecule has 1 N–H and O–H groups in total. The van der Waals surface area contributed by atoms with Gasteiger partial charge in [0.25, 0.3) is 5.91 Å². The van der Waals surface area contributed by atoms with Gasteiger partial charge in [-0.15, -0.1) is 0 Å². The van der Waals surface area contributed by atoms with Crippen molar-refractivity contribution in [2.24, 2.45) is 0 Å². The molecule has 120 valence electrons. The first-order chi connectivity index (χ1) is 11.8. The number of nitrogens with one attached hydrogen (secondary N) is 1. The topological polar surface area (TPSA) is 81.9 Å². The van der Waals surface area contributed by atoms with Crippen LogP contribution in [0.4, 0.5) is 5.69 Å². The first-order valence-electron chi connectivity index (χ1n) is 7.81. The van der Waals surface area contributed by atoms with Crippen LogP contribution in [0.25, 0.3) is 5.70 Å². The lowest BCUT2D eigenvalue weighted by Gasteiger charge is -2.18. The SMILES string of the molecule is N#CC(C(=O)N1CCCC1)=C(Nc1cccnc1)c1ccccn1. The first-order valence-corrected chi connectivity index (χ1v) is 7.81. The molecule has 2 aromatic rings. The number of hydrogen-bond acceptors (Lipinski definition) is 5. The van der Waals surface area contributed by atoms with Crippen LogP contribution >= 0.6 is 0 Å². The van der Waals surface area contributed by atoms with Crippen molar-refractivity contribution in [3.8, 4) is 6.07 Å². The van der Waals surface area contributed by atoms with E-state index in [1.54, 1.807) is 41.7 Å². The molecule has 1 amide bonds. The Balaban J connectivity index is 2.04. The zero-order valence-electron chi connectivity index (χ0n) is 13.1. The second-order valence-electron chi connectivity index (χ2n) is 5.44. The van der Waals surface area contributed by atoms with Crippen LogP contribution in [0.15, 0.2) is 54.5 Å². The van der Waals surface area contributed by atoms with Gasteiger partial charge >= 0.3 is 0 Å². The normalized spacial score (nSPS) is 14.7. The average Bonchev–Trinajstić information content (AvgIpc) is 3.18. The van der Waals surface area contributed by atoms with Gasteiger partial charge in [0.05, 0.1) is 23.3 Å². The van der Waals surface area contributed by atoms with E-state index >= 15 is 0 Å². The molecular weight excluding hydrogens is 302 g/mol. The Morgan fingerprint density at radius 2 is 2.00 bits per heavy atom. The van der Waals surface area contributed by atoms with Crippen molar-refractivity contribution in [3.05, 3.63) is 60.2 Å². The minimum Gasteiger partial charge on any atom is -0.351 e. The van der Waals surface area contributed by atoms with Crippen LogP contribution in [0, 0.1) is 11.3 Å². The van der Waals surface area contributed by atoms with Crippen LogP contribution in [0.2, 0.25) is 0 Å². The molecule has 0 unspecified atom stereocenters. The van der Waals surface area contributed by atoms with Crippen LogP contribution < -0.4 is 5.32 Å². The molecule has 1 aliphatic rings. The second kappa shape index (κ2) is 7.38. The molecule has 3 rings (SSSR count). The monoisotopic (exact) mass is 319 g/mol. The van der Waals surface area contributed by atoms with Crippen molar-refractivity contribution in [1.29, 1.82) is 5.26 Å². The van der Waals surface area contributed by atoms with E-state index in [0.717, 1.165) is 12.8 Å². The molecule has 0 atom stereocenters. The zero-order valence-corrected chi connectivity index (χ0v) is 13.1. The van der Waals surface area contributed by atoms with E-state index in [0.29, 0.717) is 30.2 Å². The van der Waals surface area contributed by atoms with Crippen LogP contribution in [-0.2, 0) is 4.79 Å². The molecule has 0 aromatic carbocycles. The van der Waals surface area contributed by atoms with E-state index in [1.807, 2.05) is 12.1 Å². The second-order valence-corrected chi connectivity index (χ2v) is 5.44. The van der Waals surface area contributed by atoms with Gasteiger partial charge in [-0.1, -0.05) is 6.07 Å². The predicted molar refractivity (Wildman–Crippen MR) is 90.4 cm³/mol. The van der Waals surface area contributed by atoms with Crippen LogP contribution in [-0.4, -0.2) is 33.9 Å². The lowest BCUT2D eigenvalue weighted by Crippen LogP contribution is -2.30. The summed E-state index contributed by atoms with van der Waals surface area (Å²) in [5.41, 5.74) is 1.72. The van der Waals surface area contributed by atoms with E-state index in [4.69, 9.17) is 0 Å². The fourth-order valence-electron chi connectivity index (χ4n) is 2.64. The number of likely N-dealkylation sites (tertiary alicyclic amines) is 1. The summed E-state index contributed by atoms with van der Waals surface area (Å²) in [5, 5.41) is 12.8. The minimum absolute atomic E-state index is 0.0689. The van der Waals surface area contributed by atoms with E-state index < -0.39 is 0 Å². The van der Waals surface area contributed by atoms with Crippen molar-refractivity contribution in [3.63, 3.8) is 0 Å². The number of aromatic nitrogens is 2. The summed E-state index contributed by atoms with van der Waals surface area (Å²) in [4.78, 5) is 22.8. The number of anilines is 1. The minimum atomic E-state index is -0.257. The van der Waals surface area contributed by atoms with Crippen LogP contribution in [0.5, 0.6) is 0 Å². The zero-order chi connectivity index (χ0) is 16.8. The molecular formula is C18H17N5O. The molecule has 2 aromatic heterocycles. The molecule has 1 fully saturated rings. The summed E-state index contributed by atoms with van der Waals surface area (Å²) in [6, 6.07) is 11.1. The fourth-order valence-corrected chi connectivity index (χ4v) is 2.64. The molecule has 0 radical (unpaired) electrons. The van der Waals surface area contributed by atoms with E-state index in [-0.39, 0.29) is 11.5 Å². The maximum Gasteiger partial charge on any atom is 0.266 e. The Bertz CT molecular complexity index is 774. The largest absolute Gasteiger partial charge is 0.351 e. The van der Waals surface area contributed by atoms with E-state index in [9.17, 15) is 10.1 Å². The number of amides is 1. The van der Waals surface area contributed by atoms with Gasteiger partial charge in [-0.2, -0.15) is 5.26 Å². The highest BCUT2D eigenvalue weighted by Crippen LogP contribution is 2.22. The molecule has 6 nitrogen and oxygen atoms in total. The van der Waals surface area contributed by atoms with Gasteiger partial charge < -0.3 is 10.2 Å². The van der Waals surface area contributed by atoms with Crippen molar-refractivity contribution >= 4 is 17.3 Å². The third-order valence-electron chi connectivity index (χ3n) is 3.82. The average molecular weight is 319 g/mol. The summed E-state index contributed by atoms with van der Waals surface area (Å²) >= 11 is 0. The lowest BCUT2D eigenvalue weighted by molar-refractivity contribution is -0.125. The maximum absolute atomic E-state index is 12.7. The van der Waals surface area contributed by atoms with E-state index in [2.05, 4.69) is 21.4 Å². The van der Waals surface area contributed by atoms with Gasteiger partial charge in [-0.3, -0.25) is 14.8 Å². The number of pyridine rings is 2. The summed E-state index contributed by atoms with van der Waals surface area (Å²) < 4.78 is 0. The third kappa shape index (κ3) is 3.41. The van der Waals surface area contributed by atoms with Crippen molar-refractivity contribution in [2.45, 2.75) is 12.8 Å². The Hall–Kier alpha value is -3.20. The lowest BCUT2D eigenvalue weighted by atomic mass is 10.1. The van der Waals surface area contributed by atoms with Gasteiger partial charge in [0.2, 0.25) is 0 Å². The Morgan fingerprint density at radius 1 is 1.17 bits per heavy atom. The quantitative estimate of drug-likeness (QED) is 0.691. The maximum atomic E-state index is 12.7. The van der Waals surface area contributed by atoms with Crippen LogP contribution in [0.3, 0.4) is 0 Å². The summed E-state index contributed by atoms with van der Waals surface area (Å²) in [6.07, 6.45) is 6.88. The van der Waals surface area contributed by atoms with Gasteiger partial charge in [0.1, 0.15) is 11.6 Å². The molecule has 0 bridgehead atoms. The van der Waals surface area contributed by atoms with Crippen molar-refractivity contribution < 1.29 is 4.79 Å². The van der Waals surface area contributed by atoms with Gasteiger partial charge in [-0.25, -0.2) is 0 Å². The number of hydrogen-bond donors (Lipinski definition) is 1. The van der Waals surface area contributed by atoms with Gasteiger partial charge in [0, 0.05) is 25.5 Å². The summed E-state index contributed by atoms with van der Waals surface area (Å²) in [7, 11) is 0. The summed E-state index contributed by atoms with van der Waals surface area (Å²) in [5.74, 6) is -0.257. The van der Waals surface area contributed by atoms with Crippen molar-refractivity contribution in [2.75, 3.05) is 18.4 Å². The smallest absolute Gasteiger partial charge is 0.266 e. The third-order valence-corrected chi connectivity index (χ3v) is 3.82. The molecule has 24 heavy (non-hydrogen) atoms. The molecule has 6 heteroatoms. The standard InChI is InChI=1S/C18H17N5O/c19-12-15(18(24)23-10-3-4-11-23)17(16-7-1-2-9-21-16)22-14-6-5-8-20-13-14/h1-2,5-9,13,22H,3-4,10-11H2. The number of carbonyl (C=O) groups excluding carboxylic acids is 1. The number of carbonyl (C=O) groups is 1. The first kappa shape index (κ1) is 15.7. The molecule has 0 saturated carbocycles. The molecule has 0 spiro atoms. The fraction of sp³-hybridized carbons (Fsp3) is 0.222. The molecule has 1 saturated heterocycles. The van der Waals surface area contributed by atoms with Crippen molar-refractivity contribution in [1.82, 2.24) is 14.9 Å². The van der Waals surface area contributed by atoms with Gasteiger partial charge in [0.15, 0.2) is 0 Å². The Kier molecular flexibility index (Phi) is 4.82. The Labute approximate surface area is 140 Å². The highest BCUT2D eigenvalue weighted by Gasteiger charge is 2.25. The highest BCUT2D eigenvalue weighted by atomic mass is 16.2. The summed E-state index contributed by atoms with van der Waals surface area (Å²) in [6.45, 7) is 1.37.